The highest BCUT2D eigenvalue weighted by molar-refractivity contribution is 6.23. The zero-order valence-corrected chi connectivity index (χ0v) is 20.0. The van der Waals surface area contributed by atoms with Crippen LogP contribution in [0.25, 0.3) is 0 Å². The van der Waals surface area contributed by atoms with Crippen LogP contribution in [0, 0.1) is 10.1 Å². The molecule has 3 aromatic rings. The summed E-state index contributed by atoms with van der Waals surface area (Å²) >= 11 is 0. The summed E-state index contributed by atoms with van der Waals surface area (Å²) < 4.78 is 0. The molecule has 0 aromatic heterocycles. The number of piperazine rings is 1. The Morgan fingerprint density at radius 2 is 1.54 bits per heavy atom. The lowest BCUT2D eigenvalue weighted by atomic mass is 10.1. The van der Waals surface area contributed by atoms with Gasteiger partial charge in [0, 0.05) is 56.2 Å². The van der Waals surface area contributed by atoms with Crippen molar-refractivity contribution in [3.8, 4) is 0 Å². The van der Waals surface area contributed by atoms with E-state index in [1.807, 2.05) is 18.2 Å². The van der Waals surface area contributed by atoms with Crippen LogP contribution in [0.5, 0.6) is 0 Å². The molecule has 2 heterocycles. The van der Waals surface area contributed by atoms with Gasteiger partial charge >= 0.3 is 0 Å². The van der Waals surface area contributed by atoms with Crippen LogP contribution in [0.3, 0.4) is 0 Å². The van der Waals surface area contributed by atoms with Crippen LogP contribution in [0.2, 0.25) is 0 Å². The molecule has 0 unspecified atom stereocenters. The molecule has 0 radical (unpaired) electrons. The van der Waals surface area contributed by atoms with Crippen LogP contribution in [0.1, 0.15) is 26.3 Å². The summed E-state index contributed by atoms with van der Waals surface area (Å²) in [7, 11) is 0. The number of carbonyl (C=O) groups is 3. The molecule has 3 amide bonds. The van der Waals surface area contributed by atoms with Crippen molar-refractivity contribution in [3.63, 3.8) is 0 Å². The minimum absolute atomic E-state index is 0.0524. The van der Waals surface area contributed by atoms with Crippen molar-refractivity contribution in [1.82, 2.24) is 9.80 Å². The number of amides is 3. The molecule has 10 nitrogen and oxygen atoms in total. The molecule has 5 rings (SSSR count). The molecule has 0 aliphatic carbocycles. The molecule has 188 valence electrons. The van der Waals surface area contributed by atoms with Crippen LogP contribution in [-0.2, 0) is 11.3 Å². The van der Waals surface area contributed by atoms with E-state index >= 15 is 0 Å². The van der Waals surface area contributed by atoms with E-state index in [-0.39, 0.29) is 16.8 Å². The number of benzene rings is 3. The van der Waals surface area contributed by atoms with Gasteiger partial charge in [0.25, 0.3) is 17.5 Å². The van der Waals surface area contributed by atoms with E-state index in [2.05, 4.69) is 39.4 Å². The van der Waals surface area contributed by atoms with Crippen LogP contribution < -0.4 is 10.2 Å². The van der Waals surface area contributed by atoms with Crippen LogP contribution >= 0.6 is 0 Å². The van der Waals surface area contributed by atoms with Crippen molar-refractivity contribution >= 4 is 34.8 Å². The maximum absolute atomic E-state index is 12.6. The lowest BCUT2D eigenvalue weighted by molar-refractivity contribution is -0.384. The Kier molecular flexibility index (Phi) is 6.65. The fourth-order valence-electron chi connectivity index (χ4n) is 4.64. The maximum Gasteiger partial charge on any atom is 0.270 e. The molecule has 0 saturated carbocycles. The Hall–Kier alpha value is -4.57. The van der Waals surface area contributed by atoms with Gasteiger partial charge in [-0.05, 0) is 35.9 Å². The van der Waals surface area contributed by atoms with E-state index in [1.165, 1.54) is 11.6 Å². The summed E-state index contributed by atoms with van der Waals surface area (Å²) in [5.41, 5.74) is 2.60. The number of rotatable bonds is 7. The van der Waals surface area contributed by atoms with Crippen LogP contribution in [0.4, 0.5) is 17.1 Å². The first-order valence-electron chi connectivity index (χ1n) is 11.9. The number of fused-ring (bicyclic) bond motifs is 1. The molecular formula is C27H25N5O5. The third kappa shape index (κ3) is 5.19. The number of anilines is 2. The van der Waals surface area contributed by atoms with Gasteiger partial charge in [0.15, 0.2) is 0 Å². The second-order valence-corrected chi connectivity index (χ2v) is 9.03. The Morgan fingerprint density at radius 1 is 0.865 bits per heavy atom. The summed E-state index contributed by atoms with van der Waals surface area (Å²) in [5.74, 6) is -1.90. The fraction of sp³-hybridized carbons (Fsp3) is 0.222. The first-order chi connectivity index (χ1) is 17.9. The number of hydrogen-bond acceptors (Lipinski definition) is 7. The number of nitro benzene ring substituents is 1. The van der Waals surface area contributed by atoms with E-state index < -0.39 is 29.2 Å². The van der Waals surface area contributed by atoms with Crippen molar-refractivity contribution in [2.45, 2.75) is 6.54 Å². The molecule has 1 saturated heterocycles. The topological polar surface area (TPSA) is 116 Å². The van der Waals surface area contributed by atoms with Gasteiger partial charge in [-0.2, -0.15) is 0 Å². The fourth-order valence-corrected chi connectivity index (χ4v) is 4.64. The summed E-state index contributed by atoms with van der Waals surface area (Å²) in [4.78, 5) is 53.6. The molecule has 0 spiro atoms. The molecule has 0 bridgehead atoms. The first kappa shape index (κ1) is 24.1. The van der Waals surface area contributed by atoms with E-state index in [1.54, 1.807) is 12.1 Å². The van der Waals surface area contributed by atoms with Gasteiger partial charge in [-0.3, -0.25) is 34.3 Å². The van der Waals surface area contributed by atoms with E-state index in [0.717, 1.165) is 55.4 Å². The van der Waals surface area contributed by atoms with Crippen LogP contribution in [0.15, 0.2) is 72.8 Å². The largest absolute Gasteiger partial charge is 0.369 e. The molecule has 3 aromatic carbocycles. The summed E-state index contributed by atoms with van der Waals surface area (Å²) in [6, 6.07) is 21.3. The standard InChI is InChI=1S/C27H25N5O5/c33-25(18-31-26(34)23-11-10-22(32(36)37)16-24(23)27(31)35)28-20-6-8-21(9-7-20)30-14-12-29(13-15-30)17-19-4-2-1-3-5-19/h1-11,16H,12-15,17-18H2,(H,28,33). The van der Waals surface area contributed by atoms with Crippen molar-refractivity contribution in [2.24, 2.45) is 0 Å². The normalized spacial score (nSPS) is 15.6. The number of non-ortho nitro benzene ring substituents is 1. The van der Waals surface area contributed by atoms with E-state index in [9.17, 15) is 24.5 Å². The third-order valence-corrected chi connectivity index (χ3v) is 6.60. The second-order valence-electron chi connectivity index (χ2n) is 9.03. The quantitative estimate of drug-likeness (QED) is 0.302. The van der Waals surface area contributed by atoms with Gasteiger partial charge in [0.05, 0.1) is 16.1 Å². The zero-order chi connectivity index (χ0) is 25.9. The van der Waals surface area contributed by atoms with Crippen molar-refractivity contribution in [2.75, 3.05) is 42.9 Å². The van der Waals surface area contributed by atoms with Gasteiger partial charge in [-0.25, -0.2) is 0 Å². The number of imide groups is 1. The highest BCUT2D eigenvalue weighted by atomic mass is 16.6. The van der Waals surface area contributed by atoms with Gasteiger partial charge in [0.1, 0.15) is 6.54 Å². The molecule has 0 atom stereocenters. The predicted molar refractivity (Wildman–Crippen MR) is 137 cm³/mol. The molecule has 2 aliphatic heterocycles. The Bertz CT molecular complexity index is 1350. The predicted octanol–water partition coefficient (Wildman–Crippen LogP) is 3.15. The minimum atomic E-state index is -0.722. The first-order valence-corrected chi connectivity index (χ1v) is 11.9. The van der Waals surface area contributed by atoms with Crippen molar-refractivity contribution in [3.05, 3.63) is 99.6 Å². The smallest absolute Gasteiger partial charge is 0.270 e. The number of nitro groups is 1. The monoisotopic (exact) mass is 499 g/mol. The molecule has 10 heteroatoms. The molecular weight excluding hydrogens is 474 g/mol. The van der Waals surface area contributed by atoms with E-state index in [4.69, 9.17) is 0 Å². The number of nitrogens with one attached hydrogen (secondary N) is 1. The zero-order valence-electron chi connectivity index (χ0n) is 20.0. The highest BCUT2D eigenvalue weighted by Gasteiger charge is 2.37. The number of nitrogens with zero attached hydrogens (tertiary/aromatic N) is 4. The molecule has 2 aliphatic rings. The van der Waals surface area contributed by atoms with Crippen molar-refractivity contribution < 1.29 is 19.3 Å². The summed E-state index contributed by atoms with van der Waals surface area (Å²) in [6.45, 7) is 4.16. The Morgan fingerprint density at radius 3 is 2.22 bits per heavy atom. The molecule has 1 N–H and O–H groups in total. The SMILES string of the molecule is O=C(CN1C(=O)c2ccc([N+](=O)[O-])cc2C1=O)Nc1ccc(N2CCN(Cc3ccccc3)CC2)cc1. The summed E-state index contributed by atoms with van der Waals surface area (Å²) in [5, 5.41) is 13.7. The summed E-state index contributed by atoms with van der Waals surface area (Å²) in [6.07, 6.45) is 0. The number of carbonyl (C=O) groups excluding carboxylic acids is 3. The Balaban J connectivity index is 1.14. The van der Waals surface area contributed by atoms with Gasteiger partial charge < -0.3 is 10.2 Å². The van der Waals surface area contributed by atoms with Crippen LogP contribution in [-0.4, -0.2) is 65.2 Å². The van der Waals surface area contributed by atoms with Gasteiger partial charge in [0.2, 0.25) is 5.91 Å². The average Bonchev–Trinajstić information content (AvgIpc) is 3.14. The maximum atomic E-state index is 12.6. The van der Waals surface area contributed by atoms with Gasteiger partial charge in [-0.1, -0.05) is 30.3 Å². The molecule has 37 heavy (non-hydrogen) atoms. The van der Waals surface area contributed by atoms with E-state index in [0.29, 0.717) is 5.69 Å². The van der Waals surface area contributed by atoms with Gasteiger partial charge in [-0.15, -0.1) is 0 Å². The van der Waals surface area contributed by atoms with Crippen molar-refractivity contribution in [1.29, 1.82) is 0 Å². The second kappa shape index (κ2) is 10.2. The highest BCUT2D eigenvalue weighted by Crippen LogP contribution is 2.27. The molecule has 1 fully saturated rings. The minimum Gasteiger partial charge on any atom is -0.369 e. The third-order valence-electron chi connectivity index (χ3n) is 6.60. The Labute approximate surface area is 213 Å². The lowest BCUT2D eigenvalue weighted by Gasteiger charge is -2.36. The number of hydrogen-bond donors (Lipinski definition) is 1. The lowest BCUT2D eigenvalue weighted by Crippen LogP contribution is -2.45. The average molecular weight is 500 g/mol.